The molecule has 5 atom stereocenters. The van der Waals surface area contributed by atoms with Crippen LogP contribution in [-0.2, 0) is 30.8 Å². The van der Waals surface area contributed by atoms with Crippen LogP contribution < -0.4 is 14.2 Å². The quantitative estimate of drug-likeness (QED) is 0.123. The maximum atomic E-state index is 15.0. The molecule has 0 bridgehead atoms. The Morgan fingerprint density at radius 1 is 1.14 bits per heavy atom. The lowest BCUT2D eigenvalue weighted by atomic mass is 9.77. The molecule has 7 rings (SSSR count). The summed E-state index contributed by atoms with van der Waals surface area (Å²) in [7, 11) is -2.31. The van der Waals surface area contributed by atoms with Crippen molar-refractivity contribution in [3.05, 3.63) is 79.6 Å². The van der Waals surface area contributed by atoms with Crippen LogP contribution in [0.25, 0.3) is 22.0 Å². The minimum Gasteiger partial charge on any atom is -0.494 e. The molecule has 2 aromatic heterocycles. The van der Waals surface area contributed by atoms with Crippen molar-refractivity contribution < 1.29 is 32.3 Å². The van der Waals surface area contributed by atoms with Crippen molar-refractivity contribution in [1.82, 2.24) is 19.6 Å². The Morgan fingerprint density at radius 2 is 1.86 bits per heavy atom. The molecule has 302 valence electrons. The minimum absolute atomic E-state index is 0.0729. The number of hydrogen-bond donors (Lipinski definition) is 1. The predicted octanol–water partition coefficient (Wildman–Crippen LogP) is 8.56. The summed E-state index contributed by atoms with van der Waals surface area (Å²) in [5.74, 6) is -1.48. The first-order chi connectivity index (χ1) is 26.9. The van der Waals surface area contributed by atoms with Gasteiger partial charge in [0.1, 0.15) is 11.9 Å². The van der Waals surface area contributed by atoms with E-state index in [0.29, 0.717) is 35.4 Å². The number of pyridine rings is 1. The van der Waals surface area contributed by atoms with Crippen molar-refractivity contribution in [3.8, 4) is 22.9 Å². The van der Waals surface area contributed by atoms with Crippen LogP contribution in [0.1, 0.15) is 57.9 Å². The van der Waals surface area contributed by atoms with Crippen molar-refractivity contribution in [2.45, 2.75) is 76.7 Å². The van der Waals surface area contributed by atoms with Crippen LogP contribution in [0.2, 0.25) is 5.02 Å². The van der Waals surface area contributed by atoms with E-state index in [1.165, 1.54) is 11.3 Å². The summed E-state index contributed by atoms with van der Waals surface area (Å²) >= 11 is 15.0. The molecule has 0 radical (unpaired) electrons. The van der Waals surface area contributed by atoms with Gasteiger partial charge in [0.25, 0.3) is 0 Å². The van der Waals surface area contributed by atoms with Crippen LogP contribution in [-0.4, -0.2) is 71.9 Å². The molecule has 2 aliphatic carbocycles. The molecule has 0 unspecified atom stereocenters. The molecule has 1 saturated heterocycles. The first-order valence-corrected chi connectivity index (χ1v) is 23.0. The summed E-state index contributed by atoms with van der Waals surface area (Å²) in [4.78, 5) is 54.4. The molecule has 2 saturated carbocycles. The summed E-state index contributed by atoms with van der Waals surface area (Å²) in [6, 6.07) is 12.2. The number of likely N-dealkylation sites (tertiary alicyclic amines) is 1. The zero-order valence-corrected chi connectivity index (χ0v) is 37.5. The van der Waals surface area contributed by atoms with Gasteiger partial charge in [0.2, 0.25) is 27.7 Å². The summed E-state index contributed by atoms with van der Waals surface area (Å²) < 4.78 is 41.7. The predicted molar refractivity (Wildman–Crippen MR) is 228 cm³/mol. The summed E-state index contributed by atoms with van der Waals surface area (Å²) in [6.45, 7) is 9.90. The number of Topliss-reactive ketones (excluding diaryl/α,β-unsaturated/α-hetero) is 1. The third-order valence-electron chi connectivity index (χ3n) is 11.2. The smallest absolute Gasteiger partial charge is 0.240 e. The summed E-state index contributed by atoms with van der Waals surface area (Å²) in [5.41, 5.74) is -0.123. The van der Waals surface area contributed by atoms with Crippen LogP contribution in [0.15, 0.2) is 69.6 Å². The minimum atomic E-state index is -3.85. The average molecular weight is 963 g/mol. The van der Waals surface area contributed by atoms with E-state index in [2.05, 4.69) is 48.1 Å². The van der Waals surface area contributed by atoms with Gasteiger partial charge in [0, 0.05) is 51.0 Å². The number of rotatable bonds is 14. The number of ketones is 1. The number of carbonyl (C=O) groups is 3. The zero-order chi connectivity index (χ0) is 41.0. The van der Waals surface area contributed by atoms with Crippen LogP contribution in [0.5, 0.6) is 11.6 Å². The lowest BCUT2D eigenvalue weighted by Crippen LogP contribution is -2.48. The third kappa shape index (κ3) is 8.69. The molecule has 3 aliphatic rings. The molecule has 3 fully saturated rings. The number of benzene rings is 2. The van der Waals surface area contributed by atoms with Crippen molar-refractivity contribution in [3.63, 3.8) is 0 Å². The molecule has 57 heavy (non-hydrogen) atoms. The summed E-state index contributed by atoms with van der Waals surface area (Å²) in [5, 5.41) is 1.96. The molecule has 11 nitrogen and oxygen atoms in total. The topological polar surface area (TPSA) is 145 Å². The Balaban J connectivity index is 1.20. The van der Waals surface area contributed by atoms with Gasteiger partial charge < -0.3 is 14.4 Å². The Labute approximate surface area is 358 Å². The van der Waals surface area contributed by atoms with E-state index in [-0.39, 0.29) is 43.4 Å². The fraction of sp³-hybridized carbons (Fsp3) is 0.439. The third-order valence-corrected chi connectivity index (χ3v) is 15.5. The molecule has 3 heterocycles. The van der Waals surface area contributed by atoms with Gasteiger partial charge in [-0.15, -0.1) is 17.9 Å². The number of thiazole rings is 1. The van der Waals surface area contributed by atoms with Crippen LogP contribution in [0, 0.1) is 22.7 Å². The number of hydrogen-bond acceptors (Lipinski definition) is 10. The molecule has 1 aliphatic heterocycles. The van der Waals surface area contributed by atoms with E-state index in [4.69, 9.17) is 26.1 Å². The van der Waals surface area contributed by atoms with Gasteiger partial charge in [0.15, 0.2) is 5.78 Å². The van der Waals surface area contributed by atoms with Crippen LogP contribution in [0.3, 0.4) is 0 Å². The number of allylic oxidation sites excluding steroid dienone is 1. The van der Waals surface area contributed by atoms with E-state index < -0.39 is 56.0 Å². The SMILES string of the molecule is C=C[C@@H]1C[C@]1(CC(=O)[C@@H]1C[C@@H](Oc2ncc(OC)c3ccc(Cl)cc23)CN1C(=O)[C@@H](Cc1nc(-c2ccc(Br)cc2)c(Br)s1)C(C)(C)C)C(=O)NS(=O)(=O)C1CC1. The van der Waals surface area contributed by atoms with Gasteiger partial charge in [-0.05, 0) is 76.9 Å². The molecule has 2 aromatic carbocycles. The number of aromatic nitrogens is 2. The van der Waals surface area contributed by atoms with Crippen molar-refractivity contribution in [1.29, 1.82) is 0 Å². The monoisotopic (exact) mass is 960 g/mol. The van der Waals surface area contributed by atoms with Crippen LogP contribution >= 0.6 is 54.8 Å². The second-order valence-electron chi connectivity index (χ2n) is 16.2. The van der Waals surface area contributed by atoms with Crippen molar-refractivity contribution in [2.24, 2.45) is 22.7 Å². The highest BCUT2D eigenvalue weighted by Crippen LogP contribution is 2.57. The lowest BCUT2D eigenvalue weighted by Gasteiger charge is -2.35. The fourth-order valence-corrected chi connectivity index (χ4v) is 11.2. The fourth-order valence-electron chi connectivity index (χ4n) is 7.67. The van der Waals surface area contributed by atoms with E-state index in [9.17, 15) is 18.0 Å². The second kappa shape index (κ2) is 16.0. The maximum absolute atomic E-state index is 15.0. The van der Waals surface area contributed by atoms with Crippen molar-refractivity contribution >= 4 is 93.2 Å². The molecule has 2 amide bonds. The highest BCUT2D eigenvalue weighted by atomic mass is 79.9. The van der Waals surface area contributed by atoms with Gasteiger partial charge in [-0.2, -0.15) is 0 Å². The second-order valence-corrected chi connectivity index (χ2v) is 21.9. The molecule has 16 heteroatoms. The number of nitrogens with zero attached hydrogens (tertiary/aromatic N) is 3. The number of halogens is 3. The number of amides is 2. The maximum Gasteiger partial charge on any atom is 0.240 e. The highest BCUT2D eigenvalue weighted by molar-refractivity contribution is 9.11. The Morgan fingerprint density at radius 3 is 2.49 bits per heavy atom. The van der Waals surface area contributed by atoms with Gasteiger partial charge in [-0.25, -0.2) is 18.4 Å². The van der Waals surface area contributed by atoms with E-state index in [1.54, 1.807) is 36.4 Å². The highest BCUT2D eigenvalue weighted by Gasteiger charge is 2.61. The number of sulfonamides is 1. The van der Waals surface area contributed by atoms with Crippen molar-refractivity contribution in [2.75, 3.05) is 13.7 Å². The van der Waals surface area contributed by atoms with Gasteiger partial charge >= 0.3 is 0 Å². The normalized spacial score (nSPS) is 22.6. The average Bonchev–Trinajstić information content (AvgIpc) is 4.06. The standard InChI is InChI=1S/C41H43Br2ClN4O7S2/c1-6-23-18-41(23,39(51)47-57(52,53)27-12-13-27)19-32(49)31-16-26(55-37-29-15-25(44)11-14-28(29)33(54-5)20-45-37)21-48(31)38(50)30(40(2,3)4)17-34-46-35(36(43)56-34)22-7-9-24(42)10-8-22/h6-11,14-15,20,23,26-27,30-31H,1,12-13,16-19,21H2,2-5H3,(H,47,51)/t23-,26-,30-,31+,41-/m1/s1. The van der Waals surface area contributed by atoms with E-state index in [0.717, 1.165) is 29.9 Å². The number of nitrogens with one attached hydrogen (secondary N) is 1. The summed E-state index contributed by atoms with van der Waals surface area (Å²) in [6.07, 6.45) is 3.94. The van der Waals surface area contributed by atoms with E-state index in [1.807, 2.05) is 51.1 Å². The molecular weight excluding hydrogens is 920 g/mol. The number of fused-ring (bicyclic) bond motifs is 1. The first-order valence-electron chi connectivity index (χ1n) is 18.7. The first kappa shape index (κ1) is 41.8. The van der Waals surface area contributed by atoms with Gasteiger partial charge in [-0.1, -0.05) is 66.5 Å². The van der Waals surface area contributed by atoms with Gasteiger partial charge in [0.05, 0.1) is 51.0 Å². The molecule has 1 N–H and O–H groups in total. The Hall–Kier alpha value is -3.37. The van der Waals surface area contributed by atoms with Gasteiger partial charge in [-0.3, -0.25) is 19.1 Å². The lowest BCUT2D eigenvalue weighted by molar-refractivity contribution is -0.144. The Kier molecular flexibility index (Phi) is 11.7. The van der Waals surface area contributed by atoms with Crippen LogP contribution in [0.4, 0.5) is 0 Å². The van der Waals surface area contributed by atoms with E-state index >= 15 is 4.79 Å². The molecule has 4 aromatic rings. The molecular formula is C41H43Br2ClN4O7S2. The zero-order valence-electron chi connectivity index (χ0n) is 31.9. The number of carbonyl (C=O) groups excluding carboxylic acids is 3. The Bertz CT molecular complexity index is 2360. The molecule has 0 spiro atoms. The number of ether oxygens (including phenoxy) is 2. The largest absolute Gasteiger partial charge is 0.494 e. The number of methoxy groups -OCH3 is 1.